The minimum Gasteiger partial charge on any atom is -0.373 e. The van der Waals surface area contributed by atoms with Crippen molar-refractivity contribution in [2.45, 2.75) is 18.9 Å². The van der Waals surface area contributed by atoms with Crippen LogP contribution in [0.25, 0.3) is 0 Å². The number of Topliss-reactive ketones (excluding diaryl/α,β-unsaturated/α-hetero) is 1. The number of carbonyl (C=O) groups excluding carboxylic acids is 1. The lowest BCUT2D eigenvalue weighted by Crippen LogP contribution is -2.19. The van der Waals surface area contributed by atoms with E-state index in [1.165, 1.54) is 0 Å². The molecule has 3 nitrogen and oxygen atoms in total. The van der Waals surface area contributed by atoms with Crippen LogP contribution in [0.4, 0.5) is 0 Å². The summed E-state index contributed by atoms with van der Waals surface area (Å²) in [6, 6.07) is 3.80. The summed E-state index contributed by atoms with van der Waals surface area (Å²) < 4.78 is 5.47. The van der Waals surface area contributed by atoms with Crippen molar-refractivity contribution in [3.8, 4) is 0 Å². The summed E-state index contributed by atoms with van der Waals surface area (Å²) in [5, 5.41) is 0. The van der Waals surface area contributed by atoms with Crippen LogP contribution in [0, 0.1) is 0 Å². The number of aromatic nitrogens is 1. The van der Waals surface area contributed by atoms with Crippen LogP contribution in [0.2, 0.25) is 0 Å². The Kier molecular flexibility index (Phi) is 2.36. The molecule has 0 aliphatic carbocycles. The standard InChI is InChI=1S/C10H11NO2/c12-9-3-5-13-10(6-9)8-2-1-4-11-7-8/h1-2,4,7,10H,3,5-6H2. The van der Waals surface area contributed by atoms with Gasteiger partial charge in [0.05, 0.1) is 12.7 Å². The largest absolute Gasteiger partial charge is 0.373 e. The zero-order valence-electron chi connectivity index (χ0n) is 7.27. The highest BCUT2D eigenvalue weighted by Crippen LogP contribution is 2.24. The molecule has 1 aliphatic heterocycles. The van der Waals surface area contributed by atoms with E-state index in [4.69, 9.17) is 4.74 Å². The molecule has 3 heteroatoms. The second-order valence-electron chi connectivity index (χ2n) is 3.14. The Bertz CT molecular complexity index is 297. The fraction of sp³-hybridized carbons (Fsp3) is 0.400. The smallest absolute Gasteiger partial charge is 0.138 e. The van der Waals surface area contributed by atoms with E-state index in [-0.39, 0.29) is 11.9 Å². The number of rotatable bonds is 1. The minimum absolute atomic E-state index is 0.0741. The van der Waals surface area contributed by atoms with Gasteiger partial charge in [-0.25, -0.2) is 0 Å². The van der Waals surface area contributed by atoms with Crippen molar-refractivity contribution in [1.29, 1.82) is 0 Å². The first-order chi connectivity index (χ1) is 6.36. The third-order valence-electron chi connectivity index (χ3n) is 2.17. The van der Waals surface area contributed by atoms with Gasteiger partial charge in [-0.05, 0) is 11.6 Å². The van der Waals surface area contributed by atoms with Gasteiger partial charge in [0.15, 0.2) is 0 Å². The average molecular weight is 177 g/mol. The molecule has 0 amide bonds. The van der Waals surface area contributed by atoms with Gasteiger partial charge in [0, 0.05) is 25.2 Å². The molecule has 1 unspecified atom stereocenters. The first kappa shape index (κ1) is 8.38. The molecule has 1 atom stereocenters. The van der Waals surface area contributed by atoms with Crippen LogP contribution in [0.5, 0.6) is 0 Å². The van der Waals surface area contributed by atoms with Crippen molar-refractivity contribution in [1.82, 2.24) is 4.98 Å². The molecular formula is C10H11NO2. The van der Waals surface area contributed by atoms with Gasteiger partial charge in [-0.1, -0.05) is 6.07 Å². The van der Waals surface area contributed by atoms with Crippen molar-refractivity contribution in [2.75, 3.05) is 6.61 Å². The fourth-order valence-corrected chi connectivity index (χ4v) is 1.46. The van der Waals surface area contributed by atoms with Gasteiger partial charge in [-0.15, -0.1) is 0 Å². The fourth-order valence-electron chi connectivity index (χ4n) is 1.46. The first-order valence-corrected chi connectivity index (χ1v) is 4.39. The van der Waals surface area contributed by atoms with E-state index in [0.717, 1.165) is 5.56 Å². The lowest BCUT2D eigenvalue weighted by Gasteiger charge is -2.21. The predicted molar refractivity (Wildman–Crippen MR) is 47.2 cm³/mol. The lowest BCUT2D eigenvalue weighted by atomic mass is 10.0. The summed E-state index contributed by atoms with van der Waals surface area (Å²) in [5.74, 6) is 0.278. The summed E-state index contributed by atoms with van der Waals surface area (Å²) in [6.07, 6.45) is 4.44. The number of nitrogens with zero attached hydrogens (tertiary/aromatic N) is 1. The van der Waals surface area contributed by atoms with Gasteiger partial charge < -0.3 is 4.74 Å². The maximum absolute atomic E-state index is 11.1. The maximum Gasteiger partial charge on any atom is 0.138 e. The highest BCUT2D eigenvalue weighted by atomic mass is 16.5. The minimum atomic E-state index is -0.0741. The zero-order valence-corrected chi connectivity index (χ0v) is 7.27. The molecule has 13 heavy (non-hydrogen) atoms. The SMILES string of the molecule is O=C1CCOC(c2cccnc2)C1. The second-order valence-corrected chi connectivity index (χ2v) is 3.14. The van der Waals surface area contributed by atoms with Crippen LogP contribution in [0.3, 0.4) is 0 Å². The average Bonchev–Trinajstić information content (AvgIpc) is 2.19. The summed E-state index contributed by atoms with van der Waals surface area (Å²) >= 11 is 0. The van der Waals surface area contributed by atoms with Crippen molar-refractivity contribution < 1.29 is 9.53 Å². The second kappa shape index (κ2) is 3.66. The van der Waals surface area contributed by atoms with Crippen molar-refractivity contribution in [3.63, 3.8) is 0 Å². The molecule has 1 fully saturated rings. The Balaban J connectivity index is 2.13. The van der Waals surface area contributed by atoms with Gasteiger partial charge >= 0.3 is 0 Å². The number of pyridine rings is 1. The van der Waals surface area contributed by atoms with E-state index in [9.17, 15) is 4.79 Å². The van der Waals surface area contributed by atoms with Crippen LogP contribution >= 0.6 is 0 Å². The molecule has 2 rings (SSSR count). The van der Waals surface area contributed by atoms with Crippen LogP contribution in [0.1, 0.15) is 24.5 Å². The molecule has 2 heterocycles. The van der Waals surface area contributed by atoms with E-state index in [2.05, 4.69) is 4.98 Å². The normalized spacial score (nSPS) is 23.1. The molecule has 0 bridgehead atoms. The molecule has 1 aromatic heterocycles. The van der Waals surface area contributed by atoms with Gasteiger partial charge in [-0.2, -0.15) is 0 Å². The highest BCUT2D eigenvalue weighted by molar-refractivity contribution is 5.79. The van der Waals surface area contributed by atoms with Crippen molar-refractivity contribution in [2.24, 2.45) is 0 Å². The topological polar surface area (TPSA) is 39.2 Å². The molecule has 0 saturated carbocycles. The molecule has 1 aromatic rings. The van der Waals surface area contributed by atoms with Gasteiger partial charge in [-0.3, -0.25) is 9.78 Å². The van der Waals surface area contributed by atoms with Gasteiger partial charge in [0.1, 0.15) is 5.78 Å². The van der Waals surface area contributed by atoms with E-state index in [1.54, 1.807) is 12.4 Å². The summed E-state index contributed by atoms with van der Waals surface area (Å²) in [5.41, 5.74) is 0.996. The number of ketones is 1. The number of hydrogen-bond donors (Lipinski definition) is 0. The van der Waals surface area contributed by atoms with Crippen LogP contribution in [-0.4, -0.2) is 17.4 Å². The van der Waals surface area contributed by atoms with Crippen LogP contribution in [0.15, 0.2) is 24.5 Å². The van der Waals surface area contributed by atoms with Gasteiger partial charge in [0.25, 0.3) is 0 Å². The molecule has 0 spiro atoms. The Morgan fingerprint density at radius 3 is 3.15 bits per heavy atom. The number of carbonyl (C=O) groups is 1. The van der Waals surface area contributed by atoms with Crippen molar-refractivity contribution in [3.05, 3.63) is 30.1 Å². The lowest BCUT2D eigenvalue weighted by molar-refractivity contribution is -0.128. The number of hydrogen-bond acceptors (Lipinski definition) is 3. The van der Waals surface area contributed by atoms with E-state index < -0.39 is 0 Å². The molecule has 0 N–H and O–H groups in total. The molecule has 1 aliphatic rings. The Morgan fingerprint density at radius 2 is 2.46 bits per heavy atom. The van der Waals surface area contributed by atoms with E-state index >= 15 is 0 Å². The monoisotopic (exact) mass is 177 g/mol. The molecular weight excluding hydrogens is 166 g/mol. The summed E-state index contributed by atoms with van der Waals surface area (Å²) in [6.45, 7) is 0.540. The highest BCUT2D eigenvalue weighted by Gasteiger charge is 2.21. The van der Waals surface area contributed by atoms with E-state index in [0.29, 0.717) is 19.4 Å². The van der Waals surface area contributed by atoms with Crippen LogP contribution in [-0.2, 0) is 9.53 Å². The first-order valence-electron chi connectivity index (χ1n) is 4.39. The zero-order chi connectivity index (χ0) is 9.10. The molecule has 68 valence electrons. The Morgan fingerprint density at radius 1 is 1.54 bits per heavy atom. The molecule has 0 radical (unpaired) electrons. The summed E-state index contributed by atoms with van der Waals surface area (Å²) in [7, 11) is 0. The van der Waals surface area contributed by atoms with Crippen LogP contribution < -0.4 is 0 Å². The summed E-state index contributed by atoms with van der Waals surface area (Å²) in [4.78, 5) is 15.1. The predicted octanol–water partition coefficient (Wildman–Crippen LogP) is 1.50. The molecule has 0 aromatic carbocycles. The van der Waals surface area contributed by atoms with Crippen molar-refractivity contribution >= 4 is 5.78 Å². The molecule has 1 saturated heterocycles. The van der Waals surface area contributed by atoms with Gasteiger partial charge in [0.2, 0.25) is 0 Å². The van der Waals surface area contributed by atoms with E-state index in [1.807, 2.05) is 12.1 Å². The third-order valence-corrected chi connectivity index (χ3v) is 2.17. The maximum atomic E-state index is 11.1. The quantitative estimate of drug-likeness (QED) is 0.652. The Hall–Kier alpha value is -1.22. The Labute approximate surface area is 76.7 Å². The third kappa shape index (κ3) is 1.92. The number of ether oxygens (including phenoxy) is 1.